The topological polar surface area (TPSA) is 47.6 Å². The third-order valence-electron chi connectivity index (χ3n) is 3.19. The van der Waals surface area contributed by atoms with Crippen LogP contribution in [0, 0.1) is 5.92 Å². The van der Waals surface area contributed by atoms with Crippen LogP contribution in [0.4, 0.5) is 5.69 Å². The highest BCUT2D eigenvalue weighted by molar-refractivity contribution is 9.10. The Morgan fingerprint density at radius 2 is 1.88 bits per heavy atom. The molecule has 0 fully saturated rings. The molecule has 0 aliphatic rings. The molecule has 0 aromatic heterocycles. The lowest BCUT2D eigenvalue weighted by atomic mass is 10.1. The van der Waals surface area contributed by atoms with Gasteiger partial charge in [0.1, 0.15) is 11.5 Å². The van der Waals surface area contributed by atoms with Gasteiger partial charge in [-0.1, -0.05) is 41.9 Å². The van der Waals surface area contributed by atoms with Gasteiger partial charge in [-0.15, -0.1) is 0 Å². The molecule has 0 aliphatic heterocycles. The van der Waals surface area contributed by atoms with Crippen molar-refractivity contribution < 1.29 is 14.3 Å². The van der Waals surface area contributed by atoms with Gasteiger partial charge >= 0.3 is 0 Å². The van der Waals surface area contributed by atoms with Crippen molar-refractivity contribution in [2.24, 2.45) is 5.92 Å². The average Bonchev–Trinajstić information content (AvgIpc) is 2.55. The molecule has 0 bridgehead atoms. The van der Waals surface area contributed by atoms with E-state index in [4.69, 9.17) is 9.47 Å². The fourth-order valence-corrected chi connectivity index (χ4v) is 2.46. The minimum absolute atomic E-state index is 0.236. The fraction of sp³-hybridized carbons (Fsp3) is 0.316. The van der Waals surface area contributed by atoms with E-state index < -0.39 is 0 Å². The average molecular weight is 392 g/mol. The molecule has 2 aromatic rings. The van der Waals surface area contributed by atoms with E-state index in [0.29, 0.717) is 41.9 Å². The molecule has 1 N–H and O–H groups in total. The van der Waals surface area contributed by atoms with Crippen molar-refractivity contribution in [3.63, 3.8) is 0 Å². The molecule has 0 unspecified atom stereocenters. The molecule has 0 saturated carbocycles. The summed E-state index contributed by atoms with van der Waals surface area (Å²) >= 11 is 3.40. The number of anilines is 1. The van der Waals surface area contributed by atoms with E-state index in [2.05, 4.69) is 35.1 Å². The minimum atomic E-state index is -0.236. The summed E-state index contributed by atoms with van der Waals surface area (Å²) in [5.74, 6) is 1.38. The van der Waals surface area contributed by atoms with Crippen molar-refractivity contribution in [1.29, 1.82) is 0 Å². The van der Waals surface area contributed by atoms with E-state index in [1.54, 1.807) is 12.1 Å². The number of hydrogen-bond acceptors (Lipinski definition) is 3. The molecule has 1 amide bonds. The first-order chi connectivity index (χ1) is 11.5. The summed E-state index contributed by atoms with van der Waals surface area (Å²) in [6.45, 7) is 7.14. The summed E-state index contributed by atoms with van der Waals surface area (Å²) in [5, 5.41) is 2.91. The molecular formula is C19H22BrNO3. The summed E-state index contributed by atoms with van der Waals surface area (Å²) in [4.78, 5) is 12.7. The Balaban J connectivity index is 2.22. The molecule has 5 heteroatoms. The Bertz CT molecular complexity index is 701. The highest BCUT2D eigenvalue weighted by Gasteiger charge is 2.15. The van der Waals surface area contributed by atoms with Gasteiger partial charge in [0.15, 0.2) is 0 Å². The highest BCUT2D eigenvalue weighted by atomic mass is 79.9. The van der Waals surface area contributed by atoms with E-state index in [1.165, 1.54) is 0 Å². The third-order valence-corrected chi connectivity index (χ3v) is 3.69. The maximum Gasteiger partial charge on any atom is 0.259 e. The van der Waals surface area contributed by atoms with Crippen LogP contribution in [0.15, 0.2) is 46.9 Å². The predicted molar refractivity (Wildman–Crippen MR) is 100 cm³/mol. The maximum atomic E-state index is 12.7. The first-order valence-corrected chi connectivity index (χ1v) is 8.76. The highest BCUT2D eigenvalue weighted by Crippen LogP contribution is 2.28. The van der Waals surface area contributed by atoms with Crippen molar-refractivity contribution >= 4 is 27.5 Å². The lowest BCUT2D eigenvalue weighted by molar-refractivity contribution is 0.102. The Morgan fingerprint density at radius 3 is 2.58 bits per heavy atom. The van der Waals surface area contributed by atoms with Crippen LogP contribution in [0.1, 0.15) is 31.1 Å². The van der Waals surface area contributed by atoms with Gasteiger partial charge in [-0.25, -0.2) is 0 Å². The Labute approximate surface area is 151 Å². The Kier molecular flexibility index (Phi) is 6.67. The molecule has 2 aromatic carbocycles. The second-order valence-corrected chi connectivity index (χ2v) is 6.64. The summed E-state index contributed by atoms with van der Waals surface area (Å²) in [6, 6.07) is 12.8. The molecule has 0 heterocycles. The Hall–Kier alpha value is -2.01. The number of halogens is 1. The zero-order valence-corrected chi connectivity index (χ0v) is 15.7. The number of para-hydroxylation sites is 2. The lowest BCUT2D eigenvalue weighted by Crippen LogP contribution is -2.15. The van der Waals surface area contributed by atoms with Crippen molar-refractivity contribution in [1.82, 2.24) is 0 Å². The summed E-state index contributed by atoms with van der Waals surface area (Å²) in [6.07, 6.45) is 0. The number of ether oxygens (including phenoxy) is 2. The van der Waals surface area contributed by atoms with Crippen LogP contribution in [-0.4, -0.2) is 19.1 Å². The number of amides is 1. The monoisotopic (exact) mass is 391 g/mol. The van der Waals surface area contributed by atoms with Crippen LogP contribution in [0.3, 0.4) is 0 Å². The second-order valence-electron chi connectivity index (χ2n) is 5.73. The molecule has 24 heavy (non-hydrogen) atoms. The summed E-state index contributed by atoms with van der Waals surface area (Å²) < 4.78 is 12.1. The van der Waals surface area contributed by atoms with E-state index in [9.17, 15) is 4.79 Å². The normalized spacial score (nSPS) is 10.5. The second kappa shape index (κ2) is 8.73. The van der Waals surface area contributed by atoms with Gasteiger partial charge in [0.25, 0.3) is 5.91 Å². The van der Waals surface area contributed by atoms with E-state index in [-0.39, 0.29) is 5.91 Å². The minimum Gasteiger partial charge on any atom is -0.493 e. The number of nitrogens with one attached hydrogen (secondary N) is 1. The molecular weight excluding hydrogens is 370 g/mol. The van der Waals surface area contributed by atoms with Crippen molar-refractivity contribution in [3.05, 3.63) is 52.5 Å². The van der Waals surface area contributed by atoms with Crippen LogP contribution < -0.4 is 14.8 Å². The van der Waals surface area contributed by atoms with Gasteiger partial charge < -0.3 is 14.8 Å². The fourth-order valence-electron chi connectivity index (χ4n) is 2.10. The number of hydrogen-bond donors (Lipinski definition) is 1. The predicted octanol–water partition coefficient (Wildman–Crippen LogP) is 5.13. The SMILES string of the molecule is CCOc1ccc(Br)cc1C(=O)Nc1ccccc1OCC(C)C. The van der Waals surface area contributed by atoms with Crippen molar-refractivity contribution in [2.75, 3.05) is 18.5 Å². The van der Waals surface area contributed by atoms with Crippen LogP contribution in [0.2, 0.25) is 0 Å². The maximum absolute atomic E-state index is 12.7. The zero-order valence-electron chi connectivity index (χ0n) is 14.1. The van der Waals surface area contributed by atoms with Crippen LogP contribution in [0.5, 0.6) is 11.5 Å². The van der Waals surface area contributed by atoms with Crippen LogP contribution in [0.25, 0.3) is 0 Å². The standard InChI is InChI=1S/C19H22BrNO3/c1-4-23-17-10-9-14(20)11-15(17)19(22)21-16-7-5-6-8-18(16)24-12-13(2)3/h5-11,13H,4,12H2,1-3H3,(H,21,22). The van der Waals surface area contributed by atoms with Crippen LogP contribution in [-0.2, 0) is 0 Å². The van der Waals surface area contributed by atoms with Gasteiger partial charge in [0, 0.05) is 4.47 Å². The van der Waals surface area contributed by atoms with Gasteiger partial charge in [-0.2, -0.15) is 0 Å². The number of carbonyl (C=O) groups excluding carboxylic acids is 1. The molecule has 2 rings (SSSR count). The lowest BCUT2D eigenvalue weighted by Gasteiger charge is -2.15. The first kappa shape index (κ1) is 18.3. The summed E-state index contributed by atoms with van der Waals surface area (Å²) in [7, 11) is 0. The molecule has 4 nitrogen and oxygen atoms in total. The molecule has 0 radical (unpaired) electrons. The smallest absolute Gasteiger partial charge is 0.259 e. The largest absolute Gasteiger partial charge is 0.493 e. The van der Waals surface area contributed by atoms with Crippen molar-refractivity contribution in [3.8, 4) is 11.5 Å². The van der Waals surface area contributed by atoms with E-state index in [0.717, 1.165) is 4.47 Å². The molecule has 0 atom stereocenters. The van der Waals surface area contributed by atoms with Gasteiger partial charge in [-0.3, -0.25) is 4.79 Å². The van der Waals surface area contributed by atoms with Gasteiger partial charge in [0.2, 0.25) is 0 Å². The number of carbonyl (C=O) groups is 1. The first-order valence-electron chi connectivity index (χ1n) is 7.96. The van der Waals surface area contributed by atoms with Gasteiger partial charge in [0.05, 0.1) is 24.5 Å². The number of rotatable bonds is 7. The third kappa shape index (κ3) is 4.99. The molecule has 0 saturated heterocycles. The summed E-state index contributed by atoms with van der Waals surface area (Å²) in [5.41, 5.74) is 1.12. The molecule has 0 spiro atoms. The van der Waals surface area contributed by atoms with Crippen molar-refractivity contribution in [2.45, 2.75) is 20.8 Å². The molecule has 128 valence electrons. The number of benzene rings is 2. The van der Waals surface area contributed by atoms with E-state index >= 15 is 0 Å². The zero-order chi connectivity index (χ0) is 17.5. The van der Waals surface area contributed by atoms with Gasteiger partial charge in [-0.05, 0) is 43.2 Å². The van der Waals surface area contributed by atoms with Crippen LogP contribution >= 0.6 is 15.9 Å². The Morgan fingerprint density at radius 1 is 1.12 bits per heavy atom. The quantitative estimate of drug-likeness (QED) is 0.710. The van der Waals surface area contributed by atoms with E-state index in [1.807, 2.05) is 37.3 Å². The molecule has 0 aliphatic carbocycles.